The van der Waals surface area contributed by atoms with E-state index in [1.807, 2.05) is 6.07 Å². The van der Waals surface area contributed by atoms with Crippen molar-refractivity contribution in [2.24, 2.45) is 4.99 Å². The number of hydrogen-bond donors (Lipinski definition) is 2. The van der Waals surface area contributed by atoms with Crippen molar-refractivity contribution in [2.75, 3.05) is 13.7 Å². The van der Waals surface area contributed by atoms with Gasteiger partial charge in [0.15, 0.2) is 12.6 Å². The molecule has 0 amide bonds. The molecule has 0 spiro atoms. The number of hydrogen-bond acceptors (Lipinski definition) is 3. The van der Waals surface area contributed by atoms with Crippen LogP contribution in [0, 0.1) is 24.1 Å². The van der Waals surface area contributed by atoms with Crippen LogP contribution in [0.5, 0.6) is 5.75 Å². The molecule has 154 valence electrons. The quantitative estimate of drug-likeness (QED) is 0.433. The van der Waals surface area contributed by atoms with E-state index in [4.69, 9.17) is 10.00 Å². The van der Waals surface area contributed by atoms with E-state index in [9.17, 15) is 17.6 Å². The number of aliphatic imine (C=N–C) groups is 1. The molecular formula is C20H20F4N4O. The maximum atomic E-state index is 13.9. The molecule has 2 N–H and O–H groups in total. The molecule has 0 fully saturated rings. The van der Waals surface area contributed by atoms with E-state index in [2.05, 4.69) is 15.6 Å². The second-order valence-corrected chi connectivity index (χ2v) is 6.21. The van der Waals surface area contributed by atoms with Crippen molar-refractivity contribution in [1.82, 2.24) is 10.6 Å². The van der Waals surface area contributed by atoms with Crippen molar-refractivity contribution < 1.29 is 22.3 Å². The van der Waals surface area contributed by atoms with Gasteiger partial charge in [-0.25, -0.2) is 4.39 Å². The van der Waals surface area contributed by atoms with Crippen LogP contribution < -0.4 is 15.4 Å². The van der Waals surface area contributed by atoms with Crippen molar-refractivity contribution >= 4 is 5.96 Å². The Bertz CT molecular complexity index is 920. The van der Waals surface area contributed by atoms with E-state index in [0.29, 0.717) is 17.1 Å². The summed E-state index contributed by atoms with van der Waals surface area (Å²) in [5.74, 6) is -0.0273. The number of benzene rings is 2. The van der Waals surface area contributed by atoms with Gasteiger partial charge >= 0.3 is 6.18 Å². The molecule has 0 bridgehead atoms. The van der Waals surface area contributed by atoms with E-state index < -0.39 is 18.6 Å². The molecule has 5 nitrogen and oxygen atoms in total. The van der Waals surface area contributed by atoms with Gasteiger partial charge < -0.3 is 15.4 Å². The predicted octanol–water partition coefficient (Wildman–Crippen LogP) is 3.81. The third kappa shape index (κ3) is 6.99. The Morgan fingerprint density at radius 1 is 1.10 bits per heavy atom. The Kier molecular flexibility index (Phi) is 7.42. The number of guanidine groups is 1. The fraction of sp³-hybridized carbons (Fsp3) is 0.300. The molecule has 0 aliphatic rings. The summed E-state index contributed by atoms with van der Waals surface area (Å²) in [6.45, 7) is 0.590. The number of alkyl halides is 3. The number of nitrogens with zero attached hydrogens (tertiary/aromatic N) is 2. The Labute approximate surface area is 166 Å². The first-order chi connectivity index (χ1) is 13.7. The Hall–Kier alpha value is -3.28. The first-order valence-corrected chi connectivity index (χ1v) is 8.64. The summed E-state index contributed by atoms with van der Waals surface area (Å²) < 4.78 is 56.2. The third-order valence-corrected chi connectivity index (χ3v) is 3.90. The normalized spacial score (nSPS) is 11.7. The highest BCUT2D eigenvalue weighted by atomic mass is 19.4. The summed E-state index contributed by atoms with van der Waals surface area (Å²) in [5.41, 5.74) is 1.90. The van der Waals surface area contributed by atoms with Crippen LogP contribution in [0.4, 0.5) is 17.6 Å². The van der Waals surface area contributed by atoms with Gasteiger partial charge in [0.05, 0.1) is 11.6 Å². The zero-order valence-corrected chi connectivity index (χ0v) is 15.9. The zero-order valence-electron chi connectivity index (χ0n) is 15.9. The fourth-order valence-corrected chi connectivity index (χ4v) is 2.46. The van der Waals surface area contributed by atoms with Crippen LogP contribution in [-0.2, 0) is 13.1 Å². The second kappa shape index (κ2) is 9.78. The van der Waals surface area contributed by atoms with Crippen LogP contribution in [-0.4, -0.2) is 25.8 Å². The van der Waals surface area contributed by atoms with Crippen LogP contribution in [0.1, 0.15) is 22.3 Å². The Morgan fingerprint density at radius 3 is 2.41 bits per heavy atom. The molecule has 2 aromatic rings. The van der Waals surface area contributed by atoms with E-state index in [0.717, 1.165) is 5.56 Å². The summed E-state index contributed by atoms with van der Waals surface area (Å²) in [6.07, 6.45) is -4.44. The molecule has 2 aromatic carbocycles. The van der Waals surface area contributed by atoms with Crippen LogP contribution in [0.25, 0.3) is 0 Å². The van der Waals surface area contributed by atoms with Crippen LogP contribution in [0.2, 0.25) is 0 Å². The maximum Gasteiger partial charge on any atom is 0.422 e. The Balaban J connectivity index is 2.02. The van der Waals surface area contributed by atoms with Crippen LogP contribution >= 0.6 is 0 Å². The van der Waals surface area contributed by atoms with E-state index in [-0.39, 0.29) is 24.4 Å². The molecule has 0 unspecified atom stereocenters. The highest BCUT2D eigenvalue weighted by molar-refractivity contribution is 5.79. The average molecular weight is 408 g/mol. The zero-order chi connectivity index (χ0) is 21.4. The second-order valence-electron chi connectivity index (χ2n) is 6.21. The number of halogens is 4. The molecule has 0 radical (unpaired) electrons. The summed E-state index contributed by atoms with van der Waals surface area (Å²) in [4.78, 5) is 4.01. The molecule has 29 heavy (non-hydrogen) atoms. The largest absolute Gasteiger partial charge is 0.484 e. The SMILES string of the molecule is CN=C(NCc1cc(C#N)ccc1F)NCc1ccc(C)cc1OCC(F)(F)F. The first kappa shape index (κ1) is 22.0. The van der Waals surface area contributed by atoms with Gasteiger partial charge in [0, 0.05) is 31.3 Å². The van der Waals surface area contributed by atoms with Gasteiger partial charge in [-0.2, -0.15) is 18.4 Å². The summed E-state index contributed by atoms with van der Waals surface area (Å²) in [7, 11) is 1.51. The standard InChI is InChI=1S/C20H20F4N4O/c1-13-3-5-15(18(7-13)29-12-20(22,23)24)10-27-19(26-2)28-11-16-8-14(9-25)4-6-17(16)21/h3-8H,10-12H2,1-2H3,(H2,26,27,28). The van der Waals surface area contributed by atoms with Gasteiger partial charge in [0.2, 0.25) is 0 Å². The lowest BCUT2D eigenvalue weighted by Crippen LogP contribution is -2.36. The molecular weight excluding hydrogens is 388 g/mol. The lowest BCUT2D eigenvalue weighted by atomic mass is 10.1. The lowest BCUT2D eigenvalue weighted by Gasteiger charge is -2.16. The molecule has 2 rings (SSSR count). The smallest absolute Gasteiger partial charge is 0.422 e. The molecule has 0 aliphatic carbocycles. The number of nitriles is 1. The summed E-state index contributed by atoms with van der Waals surface area (Å²) in [5, 5.41) is 14.8. The van der Waals surface area contributed by atoms with E-state index in [1.165, 1.54) is 31.3 Å². The average Bonchev–Trinajstić information content (AvgIpc) is 2.68. The van der Waals surface area contributed by atoms with Crippen molar-refractivity contribution in [3.63, 3.8) is 0 Å². The van der Waals surface area contributed by atoms with Crippen LogP contribution in [0.15, 0.2) is 41.4 Å². The number of nitrogens with one attached hydrogen (secondary N) is 2. The number of ether oxygens (including phenoxy) is 1. The monoisotopic (exact) mass is 408 g/mol. The molecule has 0 saturated carbocycles. The van der Waals surface area contributed by atoms with Crippen molar-refractivity contribution in [3.05, 3.63) is 64.5 Å². The highest BCUT2D eigenvalue weighted by Gasteiger charge is 2.28. The minimum atomic E-state index is -4.44. The van der Waals surface area contributed by atoms with Gasteiger partial charge in [-0.3, -0.25) is 4.99 Å². The van der Waals surface area contributed by atoms with Crippen molar-refractivity contribution in [1.29, 1.82) is 5.26 Å². The predicted molar refractivity (Wildman–Crippen MR) is 101 cm³/mol. The highest BCUT2D eigenvalue weighted by Crippen LogP contribution is 2.23. The van der Waals surface area contributed by atoms with E-state index in [1.54, 1.807) is 19.1 Å². The maximum absolute atomic E-state index is 13.9. The fourth-order valence-electron chi connectivity index (χ4n) is 2.46. The van der Waals surface area contributed by atoms with Crippen molar-refractivity contribution in [2.45, 2.75) is 26.2 Å². The third-order valence-electron chi connectivity index (χ3n) is 3.90. The van der Waals surface area contributed by atoms with Gasteiger partial charge in [-0.15, -0.1) is 0 Å². The molecule has 9 heteroatoms. The van der Waals surface area contributed by atoms with Gasteiger partial charge in [-0.1, -0.05) is 12.1 Å². The molecule has 0 aliphatic heterocycles. The van der Waals surface area contributed by atoms with Crippen molar-refractivity contribution in [3.8, 4) is 11.8 Å². The molecule has 0 heterocycles. The van der Waals surface area contributed by atoms with Gasteiger partial charge in [-0.05, 0) is 36.8 Å². The minimum absolute atomic E-state index is 0.0757. The molecule has 0 aromatic heterocycles. The summed E-state index contributed by atoms with van der Waals surface area (Å²) in [6, 6.07) is 10.9. The summed E-state index contributed by atoms with van der Waals surface area (Å²) >= 11 is 0. The minimum Gasteiger partial charge on any atom is -0.484 e. The van der Waals surface area contributed by atoms with Gasteiger partial charge in [0.1, 0.15) is 11.6 Å². The van der Waals surface area contributed by atoms with E-state index >= 15 is 0 Å². The van der Waals surface area contributed by atoms with Crippen LogP contribution in [0.3, 0.4) is 0 Å². The first-order valence-electron chi connectivity index (χ1n) is 8.64. The number of rotatable bonds is 6. The van der Waals surface area contributed by atoms with Gasteiger partial charge in [0.25, 0.3) is 0 Å². The number of aryl methyl sites for hydroxylation is 1. The Morgan fingerprint density at radius 2 is 1.79 bits per heavy atom. The topological polar surface area (TPSA) is 69.4 Å². The molecule has 0 atom stereocenters. The molecule has 0 saturated heterocycles. The lowest BCUT2D eigenvalue weighted by molar-refractivity contribution is -0.153.